The molecule has 3 amide bonds. The summed E-state index contributed by atoms with van der Waals surface area (Å²) in [5, 5.41) is 9.41. The highest BCUT2D eigenvalue weighted by Crippen LogP contribution is 2.18. The SMILES string of the molecule is CCOC(=O)c1cnn(-c2ccc(C(=O)NCC(=O)N3CCCC3C(=O)NC)cc2)c1C. The molecule has 2 N–H and O–H groups in total. The maximum absolute atomic E-state index is 12.5. The van der Waals surface area contributed by atoms with Gasteiger partial charge in [-0.3, -0.25) is 14.4 Å². The molecule has 1 aromatic carbocycles. The normalized spacial score (nSPS) is 15.3. The molecule has 1 aromatic heterocycles. The van der Waals surface area contributed by atoms with E-state index in [0.717, 1.165) is 6.42 Å². The van der Waals surface area contributed by atoms with Crippen LogP contribution in [-0.2, 0) is 14.3 Å². The first-order valence-corrected chi connectivity index (χ1v) is 10.5. The van der Waals surface area contributed by atoms with Gasteiger partial charge in [0.25, 0.3) is 5.91 Å². The van der Waals surface area contributed by atoms with Gasteiger partial charge in [0.15, 0.2) is 0 Å². The van der Waals surface area contributed by atoms with Crippen molar-refractivity contribution in [3.8, 4) is 5.69 Å². The molecular formula is C22H27N5O5. The Morgan fingerprint density at radius 1 is 1.19 bits per heavy atom. The van der Waals surface area contributed by atoms with Gasteiger partial charge in [0, 0.05) is 19.2 Å². The molecular weight excluding hydrogens is 414 g/mol. The zero-order valence-electron chi connectivity index (χ0n) is 18.4. The Kier molecular flexibility index (Phi) is 7.24. The number of hydrogen-bond acceptors (Lipinski definition) is 6. The van der Waals surface area contributed by atoms with E-state index in [0.29, 0.717) is 35.5 Å². The van der Waals surface area contributed by atoms with E-state index in [1.165, 1.54) is 18.1 Å². The van der Waals surface area contributed by atoms with E-state index in [1.54, 1.807) is 42.8 Å². The molecule has 0 saturated carbocycles. The van der Waals surface area contributed by atoms with Crippen molar-refractivity contribution in [3.05, 3.63) is 47.3 Å². The summed E-state index contributed by atoms with van der Waals surface area (Å²) in [4.78, 5) is 50.3. The predicted octanol–water partition coefficient (Wildman–Crippen LogP) is 0.824. The second kappa shape index (κ2) is 10.1. The Morgan fingerprint density at radius 2 is 1.91 bits per heavy atom. The fraction of sp³-hybridized carbons (Fsp3) is 0.409. The molecule has 0 spiro atoms. The lowest BCUT2D eigenvalue weighted by atomic mass is 10.2. The third-order valence-electron chi connectivity index (χ3n) is 5.40. The molecule has 1 aliphatic heterocycles. The first-order valence-electron chi connectivity index (χ1n) is 10.5. The maximum atomic E-state index is 12.5. The Morgan fingerprint density at radius 3 is 2.56 bits per heavy atom. The highest BCUT2D eigenvalue weighted by atomic mass is 16.5. The largest absolute Gasteiger partial charge is 0.462 e. The Bertz CT molecular complexity index is 1010. The number of esters is 1. The van der Waals surface area contributed by atoms with Crippen molar-refractivity contribution in [2.24, 2.45) is 0 Å². The number of aromatic nitrogens is 2. The summed E-state index contributed by atoms with van der Waals surface area (Å²) in [5.74, 6) is -1.32. The zero-order valence-corrected chi connectivity index (χ0v) is 18.4. The van der Waals surface area contributed by atoms with Gasteiger partial charge in [-0.15, -0.1) is 0 Å². The molecule has 2 heterocycles. The van der Waals surface area contributed by atoms with Crippen molar-refractivity contribution in [2.45, 2.75) is 32.7 Å². The summed E-state index contributed by atoms with van der Waals surface area (Å²) >= 11 is 0. The van der Waals surface area contributed by atoms with E-state index in [-0.39, 0.29) is 25.0 Å². The number of carbonyl (C=O) groups excluding carboxylic acids is 4. The number of nitrogens with zero attached hydrogens (tertiary/aromatic N) is 3. The molecule has 1 fully saturated rings. The minimum absolute atomic E-state index is 0.185. The standard InChI is InChI=1S/C22H27N5O5/c1-4-32-22(31)17-12-25-27(14(17)2)16-9-7-15(8-10-16)20(29)24-13-19(28)26-11-5-6-18(26)21(30)23-3/h7-10,12,18H,4-6,11,13H2,1-3H3,(H,23,30)(H,24,29). The number of likely N-dealkylation sites (N-methyl/N-ethyl adjacent to an activating group) is 1. The molecule has 0 radical (unpaired) electrons. The number of amides is 3. The van der Waals surface area contributed by atoms with Crippen LogP contribution in [0.25, 0.3) is 5.69 Å². The van der Waals surface area contributed by atoms with E-state index in [2.05, 4.69) is 15.7 Å². The molecule has 1 atom stereocenters. The predicted molar refractivity (Wildman–Crippen MR) is 115 cm³/mol. The van der Waals surface area contributed by atoms with E-state index in [4.69, 9.17) is 4.74 Å². The average molecular weight is 441 g/mol. The molecule has 3 rings (SSSR count). The quantitative estimate of drug-likeness (QED) is 0.614. The van der Waals surface area contributed by atoms with Crippen molar-refractivity contribution >= 4 is 23.7 Å². The summed E-state index contributed by atoms with van der Waals surface area (Å²) in [6.45, 7) is 4.09. The van der Waals surface area contributed by atoms with Crippen molar-refractivity contribution < 1.29 is 23.9 Å². The second-order valence-electron chi connectivity index (χ2n) is 7.36. The lowest BCUT2D eigenvalue weighted by Gasteiger charge is -2.23. The number of benzene rings is 1. The van der Waals surface area contributed by atoms with Crippen LogP contribution in [0.4, 0.5) is 0 Å². The van der Waals surface area contributed by atoms with Crippen molar-refractivity contribution in [1.82, 2.24) is 25.3 Å². The molecule has 0 bridgehead atoms. The summed E-state index contributed by atoms with van der Waals surface area (Å²) < 4.78 is 6.61. The van der Waals surface area contributed by atoms with Crippen LogP contribution in [0.5, 0.6) is 0 Å². The lowest BCUT2D eigenvalue weighted by Crippen LogP contribution is -2.48. The minimum atomic E-state index is -0.486. The Balaban J connectivity index is 1.62. The van der Waals surface area contributed by atoms with Gasteiger partial charge in [0.05, 0.1) is 30.7 Å². The fourth-order valence-corrected chi connectivity index (χ4v) is 3.70. The Hall–Kier alpha value is -3.69. The molecule has 32 heavy (non-hydrogen) atoms. The van der Waals surface area contributed by atoms with Crippen molar-refractivity contribution in [3.63, 3.8) is 0 Å². The second-order valence-corrected chi connectivity index (χ2v) is 7.36. The summed E-state index contributed by atoms with van der Waals surface area (Å²) in [5.41, 5.74) is 2.06. The van der Waals surface area contributed by atoms with Crippen LogP contribution in [0.3, 0.4) is 0 Å². The number of likely N-dealkylation sites (tertiary alicyclic amines) is 1. The van der Waals surface area contributed by atoms with Crippen LogP contribution >= 0.6 is 0 Å². The molecule has 0 aliphatic carbocycles. The molecule has 10 heteroatoms. The van der Waals surface area contributed by atoms with E-state index >= 15 is 0 Å². The number of nitrogens with one attached hydrogen (secondary N) is 2. The van der Waals surface area contributed by atoms with Crippen LogP contribution in [-0.4, -0.2) is 71.2 Å². The van der Waals surface area contributed by atoms with Gasteiger partial charge in [-0.05, 0) is 51.0 Å². The maximum Gasteiger partial charge on any atom is 0.341 e. The van der Waals surface area contributed by atoms with E-state index in [9.17, 15) is 19.2 Å². The molecule has 1 aliphatic rings. The molecule has 1 unspecified atom stereocenters. The van der Waals surface area contributed by atoms with Gasteiger partial charge in [-0.1, -0.05) is 0 Å². The third-order valence-corrected chi connectivity index (χ3v) is 5.40. The highest BCUT2D eigenvalue weighted by Gasteiger charge is 2.33. The van der Waals surface area contributed by atoms with Gasteiger partial charge in [0.1, 0.15) is 11.6 Å². The van der Waals surface area contributed by atoms with Crippen LogP contribution in [0.2, 0.25) is 0 Å². The van der Waals surface area contributed by atoms with E-state index in [1.807, 2.05) is 0 Å². The Labute approximate surface area is 185 Å². The van der Waals surface area contributed by atoms with Gasteiger partial charge < -0.3 is 20.3 Å². The molecule has 170 valence electrons. The summed E-state index contributed by atoms with van der Waals surface area (Å²) in [7, 11) is 1.54. The number of ether oxygens (including phenoxy) is 1. The first-order chi connectivity index (χ1) is 15.4. The fourth-order valence-electron chi connectivity index (χ4n) is 3.70. The third kappa shape index (κ3) is 4.79. The average Bonchev–Trinajstić information content (AvgIpc) is 3.44. The van der Waals surface area contributed by atoms with Gasteiger partial charge in [-0.25, -0.2) is 9.48 Å². The van der Waals surface area contributed by atoms with Crippen LogP contribution in [0.15, 0.2) is 30.5 Å². The molecule has 1 saturated heterocycles. The first kappa shape index (κ1) is 23.0. The van der Waals surface area contributed by atoms with E-state index < -0.39 is 17.9 Å². The van der Waals surface area contributed by atoms with Crippen LogP contribution < -0.4 is 10.6 Å². The van der Waals surface area contributed by atoms with Gasteiger partial charge in [0.2, 0.25) is 11.8 Å². The molecule has 2 aromatic rings. The van der Waals surface area contributed by atoms with Crippen molar-refractivity contribution in [1.29, 1.82) is 0 Å². The van der Waals surface area contributed by atoms with Crippen LogP contribution in [0.1, 0.15) is 46.2 Å². The van der Waals surface area contributed by atoms with Crippen LogP contribution in [0, 0.1) is 6.92 Å². The zero-order chi connectivity index (χ0) is 23.3. The lowest BCUT2D eigenvalue weighted by molar-refractivity contribution is -0.137. The molecule has 10 nitrogen and oxygen atoms in total. The smallest absolute Gasteiger partial charge is 0.341 e. The topological polar surface area (TPSA) is 123 Å². The van der Waals surface area contributed by atoms with Crippen molar-refractivity contribution in [2.75, 3.05) is 26.7 Å². The van der Waals surface area contributed by atoms with Gasteiger partial charge >= 0.3 is 5.97 Å². The summed E-state index contributed by atoms with van der Waals surface area (Å²) in [6.07, 6.45) is 2.82. The monoisotopic (exact) mass is 441 g/mol. The van der Waals surface area contributed by atoms with Gasteiger partial charge in [-0.2, -0.15) is 5.10 Å². The number of carbonyl (C=O) groups is 4. The summed E-state index contributed by atoms with van der Waals surface area (Å²) in [6, 6.07) is 6.15. The highest BCUT2D eigenvalue weighted by molar-refractivity contribution is 5.97. The number of hydrogen-bond donors (Lipinski definition) is 2. The minimum Gasteiger partial charge on any atom is -0.462 e. The number of rotatable bonds is 7.